The first-order valence-electron chi connectivity index (χ1n) is 12.5. The Morgan fingerprint density at radius 3 is 2.60 bits per heavy atom. The number of rotatable bonds is 7. The summed E-state index contributed by atoms with van der Waals surface area (Å²) in [4.78, 5) is 17.9. The Kier molecular flexibility index (Phi) is 6.97. The lowest BCUT2D eigenvalue weighted by molar-refractivity contribution is 0.0822. The molecule has 186 valence electrons. The van der Waals surface area contributed by atoms with E-state index in [9.17, 15) is 4.79 Å². The summed E-state index contributed by atoms with van der Waals surface area (Å²) in [5.41, 5.74) is 3.28. The molecule has 0 saturated carbocycles. The van der Waals surface area contributed by atoms with Crippen LogP contribution in [0.3, 0.4) is 0 Å². The molecule has 0 aliphatic carbocycles. The third kappa shape index (κ3) is 5.16. The van der Waals surface area contributed by atoms with Crippen molar-refractivity contribution >= 4 is 10.9 Å². The predicted octanol–water partition coefficient (Wildman–Crippen LogP) is 3.34. The van der Waals surface area contributed by atoms with Crippen LogP contribution in [0.2, 0.25) is 0 Å². The van der Waals surface area contributed by atoms with E-state index in [1.54, 1.807) is 13.2 Å². The fraction of sp³-hybridized carbons (Fsp3) is 0.464. The number of hydrogen-bond donors (Lipinski definition) is 0. The first-order chi connectivity index (χ1) is 17.0. The Balaban J connectivity index is 1.18. The van der Waals surface area contributed by atoms with Gasteiger partial charge >= 0.3 is 0 Å². The molecule has 0 radical (unpaired) electrons. The van der Waals surface area contributed by atoms with Crippen LogP contribution in [0.1, 0.15) is 18.1 Å². The summed E-state index contributed by atoms with van der Waals surface area (Å²) < 4.78 is 18.7. The van der Waals surface area contributed by atoms with Gasteiger partial charge in [-0.2, -0.15) is 0 Å². The summed E-state index contributed by atoms with van der Waals surface area (Å²) in [5.74, 6) is 2.49. The number of ether oxygens (including phenoxy) is 3. The number of methoxy groups -OCH3 is 1. The molecule has 35 heavy (non-hydrogen) atoms. The molecule has 2 aliphatic heterocycles. The lowest BCUT2D eigenvalue weighted by Gasteiger charge is -2.40. The summed E-state index contributed by atoms with van der Waals surface area (Å²) >= 11 is 0. The predicted molar refractivity (Wildman–Crippen MR) is 138 cm³/mol. The van der Waals surface area contributed by atoms with Crippen LogP contribution >= 0.6 is 0 Å². The fourth-order valence-electron chi connectivity index (χ4n) is 5.25. The summed E-state index contributed by atoms with van der Waals surface area (Å²) in [5, 5.41) is 1.10. The van der Waals surface area contributed by atoms with Crippen molar-refractivity contribution in [3.63, 3.8) is 0 Å². The molecular formula is C28H35N3O4. The van der Waals surface area contributed by atoms with Crippen molar-refractivity contribution in [2.24, 2.45) is 0 Å². The highest BCUT2D eigenvalue weighted by atomic mass is 16.6. The molecule has 2 aliphatic rings. The summed E-state index contributed by atoms with van der Waals surface area (Å²) in [6.07, 6.45) is 0.994. The van der Waals surface area contributed by atoms with E-state index in [4.69, 9.17) is 14.2 Å². The minimum Gasteiger partial charge on any atom is -0.497 e. The van der Waals surface area contributed by atoms with Crippen LogP contribution in [-0.2, 0) is 13.0 Å². The molecule has 7 nitrogen and oxygen atoms in total. The van der Waals surface area contributed by atoms with Crippen molar-refractivity contribution < 1.29 is 14.2 Å². The topological polar surface area (TPSA) is 56.2 Å². The van der Waals surface area contributed by atoms with Crippen LogP contribution in [0.5, 0.6) is 17.2 Å². The minimum atomic E-state index is 0.0503. The van der Waals surface area contributed by atoms with E-state index < -0.39 is 0 Å². The zero-order valence-corrected chi connectivity index (χ0v) is 21.0. The van der Waals surface area contributed by atoms with Crippen molar-refractivity contribution in [3.8, 4) is 17.2 Å². The van der Waals surface area contributed by atoms with Gasteiger partial charge in [-0.1, -0.05) is 6.07 Å². The highest BCUT2D eigenvalue weighted by molar-refractivity contribution is 5.83. The number of aryl methyl sites for hydroxylation is 1. The van der Waals surface area contributed by atoms with Crippen LogP contribution in [0.25, 0.3) is 10.9 Å². The van der Waals surface area contributed by atoms with Gasteiger partial charge in [0, 0.05) is 62.8 Å². The van der Waals surface area contributed by atoms with E-state index in [1.807, 2.05) is 35.8 Å². The first-order valence-corrected chi connectivity index (χ1v) is 12.5. The molecule has 0 bridgehead atoms. The first kappa shape index (κ1) is 23.7. The number of aromatic nitrogens is 1. The van der Waals surface area contributed by atoms with E-state index >= 15 is 0 Å². The molecule has 3 heterocycles. The third-order valence-electron chi connectivity index (χ3n) is 7.31. The van der Waals surface area contributed by atoms with Gasteiger partial charge in [0.05, 0.1) is 12.6 Å². The average molecular weight is 478 g/mol. The standard InChI is InChI=1S/C28H35N3O4/c1-20-16-28(32)31(25-18-23(33-3)5-6-24(20)25)13-11-29-10-12-30(21(2)19-29)9-8-22-4-7-26-27(17-22)35-15-14-34-26/h4-7,16-18,21H,8-15,19H2,1-3H3. The molecular weight excluding hydrogens is 442 g/mol. The van der Waals surface area contributed by atoms with E-state index in [-0.39, 0.29) is 5.56 Å². The molecule has 1 unspecified atom stereocenters. The van der Waals surface area contributed by atoms with Gasteiger partial charge in [-0.15, -0.1) is 0 Å². The van der Waals surface area contributed by atoms with Gasteiger partial charge in [0.25, 0.3) is 5.56 Å². The van der Waals surface area contributed by atoms with Crippen molar-refractivity contribution in [3.05, 3.63) is 63.9 Å². The number of nitrogens with zero attached hydrogens (tertiary/aromatic N) is 3. The second kappa shape index (κ2) is 10.3. The number of pyridine rings is 1. The summed E-state index contributed by atoms with van der Waals surface area (Å²) in [6.45, 7) is 11.1. The monoisotopic (exact) mass is 477 g/mol. The maximum Gasteiger partial charge on any atom is 0.251 e. The summed E-state index contributed by atoms with van der Waals surface area (Å²) in [6, 6.07) is 14.5. The number of hydrogen-bond acceptors (Lipinski definition) is 6. The number of benzene rings is 2. The average Bonchev–Trinajstić information content (AvgIpc) is 2.87. The van der Waals surface area contributed by atoms with E-state index in [1.165, 1.54) is 5.56 Å². The van der Waals surface area contributed by atoms with Crippen molar-refractivity contribution in [1.82, 2.24) is 14.4 Å². The van der Waals surface area contributed by atoms with Crippen LogP contribution in [-0.4, -0.2) is 73.5 Å². The Hall–Kier alpha value is -3.03. The molecule has 7 heteroatoms. The van der Waals surface area contributed by atoms with Crippen LogP contribution in [0.4, 0.5) is 0 Å². The van der Waals surface area contributed by atoms with Gasteiger partial charge in [-0.3, -0.25) is 14.6 Å². The Bertz CT molecular complexity index is 1250. The Labute approximate surface area is 206 Å². The highest BCUT2D eigenvalue weighted by Gasteiger charge is 2.23. The minimum absolute atomic E-state index is 0.0503. The lowest BCUT2D eigenvalue weighted by atomic mass is 10.1. The van der Waals surface area contributed by atoms with Crippen molar-refractivity contribution in [1.29, 1.82) is 0 Å². The van der Waals surface area contributed by atoms with Gasteiger partial charge in [0.2, 0.25) is 0 Å². The maximum atomic E-state index is 12.8. The second-order valence-corrected chi connectivity index (χ2v) is 9.61. The normalized spacial score (nSPS) is 18.7. The summed E-state index contributed by atoms with van der Waals surface area (Å²) in [7, 11) is 1.66. The zero-order valence-electron chi connectivity index (χ0n) is 21.0. The number of fused-ring (bicyclic) bond motifs is 2. The van der Waals surface area contributed by atoms with Gasteiger partial charge in [0.1, 0.15) is 19.0 Å². The molecule has 1 aromatic heterocycles. The van der Waals surface area contributed by atoms with Crippen molar-refractivity contribution in [2.45, 2.75) is 32.9 Å². The molecule has 1 atom stereocenters. The quantitative estimate of drug-likeness (QED) is 0.520. The zero-order chi connectivity index (χ0) is 24.4. The molecule has 5 rings (SSSR count). The van der Waals surface area contributed by atoms with Gasteiger partial charge in [-0.25, -0.2) is 0 Å². The largest absolute Gasteiger partial charge is 0.497 e. The van der Waals surface area contributed by atoms with E-state index in [0.717, 1.165) is 72.9 Å². The Morgan fingerprint density at radius 1 is 0.971 bits per heavy atom. The van der Waals surface area contributed by atoms with Crippen LogP contribution in [0.15, 0.2) is 47.3 Å². The van der Waals surface area contributed by atoms with Gasteiger partial charge in [0.15, 0.2) is 11.5 Å². The SMILES string of the molecule is COc1ccc2c(C)cc(=O)n(CCN3CCN(CCc4ccc5c(c4)OCCO5)C(C)C3)c2c1. The van der Waals surface area contributed by atoms with Crippen LogP contribution < -0.4 is 19.8 Å². The van der Waals surface area contributed by atoms with E-state index in [0.29, 0.717) is 25.8 Å². The highest BCUT2D eigenvalue weighted by Crippen LogP contribution is 2.31. The van der Waals surface area contributed by atoms with Gasteiger partial charge in [-0.05, 0) is 55.7 Å². The molecule has 0 amide bonds. The molecule has 2 aromatic carbocycles. The molecule has 0 spiro atoms. The molecule has 1 saturated heterocycles. The maximum absolute atomic E-state index is 12.8. The van der Waals surface area contributed by atoms with Crippen molar-refractivity contribution in [2.75, 3.05) is 53.0 Å². The smallest absolute Gasteiger partial charge is 0.251 e. The number of piperazine rings is 1. The molecule has 1 fully saturated rings. The molecule has 0 N–H and O–H groups in total. The molecule has 3 aromatic rings. The van der Waals surface area contributed by atoms with E-state index in [2.05, 4.69) is 28.9 Å². The Morgan fingerprint density at radius 2 is 1.80 bits per heavy atom. The second-order valence-electron chi connectivity index (χ2n) is 9.61. The van der Waals surface area contributed by atoms with Crippen LogP contribution in [0, 0.1) is 6.92 Å². The lowest BCUT2D eigenvalue weighted by Crippen LogP contribution is -2.53. The fourth-order valence-corrected chi connectivity index (χ4v) is 5.25. The third-order valence-corrected chi connectivity index (χ3v) is 7.31. The van der Waals surface area contributed by atoms with Gasteiger partial charge < -0.3 is 18.8 Å².